The van der Waals surface area contributed by atoms with Crippen LogP contribution in [0, 0.1) is 5.41 Å². The van der Waals surface area contributed by atoms with Crippen molar-refractivity contribution in [1.82, 2.24) is 9.55 Å². The molecule has 0 saturated carbocycles. The van der Waals surface area contributed by atoms with Crippen LogP contribution < -0.4 is 9.47 Å². The number of aliphatic carboxylic acids is 1. The molecule has 0 spiro atoms. The molecule has 1 aliphatic heterocycles. The van der Waals surface area contributed by atoms with Crippen LogP contribution in [0.25, 0.3) is 11.6 Å². The Bertz CT molecular complexity index is 1150. The fraction of sp³-hybridized carbons (Fsp3) is 0.333. The summed E-state index contributed by atoms with van der Waals surface area (Å²) in [7, 11) is 1.98. The average molecular weight is 447 g/mol. The lowest BCUT2D eigenvalue weighted by Gasteiger charge is -2.27. The standard InChI is InChI=1S/C27H30N2O4/c1-27(2,26(30)31)12-7-15-32-21-10-11-23-20(17-21)18-22(25-28-13-14-29(25)3)24(33-23)16-19-8-5-4-6-9-19/h4-6,8-11,13-14,17-18,24H,7,12,15-16H2,1-3H3,(H,30,31). The number of aromatic nitrogens is 2. The summed E-state index contributed by atoms with van der Waals surface area (Å²) in [6.45, 7) is 3.94. The normalized spacial score (nSPS) is 15.4. The highest BCUT2D eigenvalue weighted by Gasteiger charge is 2.28. The summed E-state index contributed by atoms with van der Waals surface area (Å²) in [5, 5.41) is 9.26. The zero-order chi connectivity index (χ0) is 23.4. The Hall–Kier alpha value is -3.54. The Balaban J connectivity index is 1.53. The zero-order valence-corrected chi connectivity index (χ0v) is 19.3. The first-order chi connectivity index (χ1) is 15.8. The molecule has 1 aliphatic rings. The summed E-state index contributed by atoms with van der Waals surface area (Å²) in [4.78, 5) is 15.8. The van der Waals surface area contributed by atoms with Gasteiger partial charge in [-0.25, -0.2) is 4.98 Å². The van der Waals surface area contributed by atoms with E-state index in [9.17, 15) is 9.90 Å². The predicted molar refractivity (Wildman–Crippen MR) is 128 cm³/mol. The molecule has 6 heteroatoms. The number of imidazole rings is 1. The van der Waals surface area contributed by atoms with Crippen molar-refractivity contribution >= 4 is 17.6 Å². The Morgan fingerprint density at radius 3 is 2.70 bits per heavy atom. The first-order valence-corrected chi connectivity index (χ1v) is 11.2. The van der Waals surface area contributed by atoms with Crippen molar-refractivity contribution < 1.29 is 19.4 Å². The first-order valence-electron chi connectivity index (χ1n) is 11.2. The van der Waals surface area contributed by atoms with E-state index in [1.54, 1.807) is 20.0 Å². The number of benzene rings is 2. The van der Waals surface area contributed by atoms with Gasteiger partial charge >= 0.3 is 5.97 Å². The van der Waals surface area contributed by atoms with Gasteiger partial charge in [0, 0.05) is 37.0 Å². The van der Waals surface area contributed by atoms with Gasteiger partial charge in [0.15, 0.2) is 0 Å². The second kappa shape index (κ2) is 9.53. The minimum absolute atomic E-state index is 0.147. The second-order valence-corrected chi connectivity index (χ2v) is 9.10. The predicted octanol–water partition coefficient (Wildman–Crippen LogP) is 5.23. The summed E-state index contributed by atoms with van der Waals surface area (Å²) in [5.41, 5.74) is 2.43. The Morgan fingerprint density at radius 1 is 1.21 bits per heavy atom. The van der Waals surface area contributed by atoms with Crippen LogP contribution in [-0.4, -0.2) is 33.3 Å². The number of aryl methyl sites for hydroxylation is 1. The van der Waals surface area contributed by atoms with Gasteiger partial charge in [0.1, 0.15) is 23.4 Å². The third-order valence-electron chi connectivity index (χ3n) is 6.05. The van der Waals surface area contributed by atoms with Gasteiger partial charge in [-0.2, -0.15) is 0 Å². The van der Waals surface area contributed by atoms with Crippen LogP contribution in [-0.2, 0) is 18.3 Å². The van der Waals surface area contributed by atoms with Crippen LogP contribution in [0.4, 0.5) is 0 Å². The Kier molecular flexibility index (Phi) is 6.54. The molecular weight excluding hydrogens is 416 g/mol. The summed E-state index contributed by atoms with van der Waals surface area (Å²) in [6, 6.07) is 16.1. The molecule has 172 valence electrons. The molecule has 33 heavy (non-hydrogen) atoms. The molecule has 0 aliphatic carbocycles. The molecule has 1 aromatic heterocycles. The number of carboxylic acids is 1. The van der Waals surface area contributed by atoms with E-state index < -0.39 is 11.4 Å². The maximum Gasteiger partial charge on any atom is 0.309 e. The highest BCUT2D eigenvalue weighted by molar-refractivity contribution is 5.85. The quantitative estimate of drug-likeness (QED) is 0.456. The van der Waals surface area contributed by atoms with Crippen LogP contribution in [0.3, 0.4) is 0 Å². The van der Waals surface area contributed by atoms with Crippen molar-refractivity contribution in [1.29, 1.82) is 0 Å². The first kappa shape index (κ1) is 22.6. The molecular formula is C27H30N2O4. The minimum Gasteiger partial charge on any atom is -0.494 e. The van der Waals surface area contributed by atoms with Gasteiger partial charge in [-0.1, -0.05) is 30.3 Å². The fourth-order valence-corrected chi connectivity index (χ4v) is 3.96. The van der Waals surface area contributed by atoms with Gasteiger partial charge in [-0.3, -0.25) is 4.79 Å². The maximum absolute atomic E-state index is 11.3. The number of fused-ring (bicyclic) bond motifs is 1. The van der Waals surface area contributed by atoms with E-state index in [4.69, 9.17) is 9.47 Å². The van der Waals surface area contributed by atoms with Gasteiger partial charge in [0.25, 0.3) is 0 Å². The van der Waals surface area contributed by atoms with E-state index in [0.29, 0.717) is 19.4 Å². The molecule has 0 radical (unpaired) electrons. The lowest BCUT2D eigenvalue weighted by molar-refractivity contribution is -0.147. The van der Waals surface area contributed by atoms with Crippen LogP contribution in [0.1, 0.15) is 43.6 Å². The van der Waals surface area contributed by atoms with Gasteiger partial charge in [-0.15, -0.1) is 0 Å². The van der Waals surface area contributed by atoms with Crippen molar-refractivity contribution in [2.24, 2.45) is 12.5 Å². The van der Waals surface area contributed by atoms with E-state index in [0.717, 1.165) is 34.9 Å². The largest absolute Gasteiger partial charge is 0.494 e. The van der Waals surface area contributed by atoms with Crippen molar-refractivity contribution in [3.63, 3.8) is 0 Å². The van der Waals surface area contributed by atoms with E-state index in [1.165, 1.54) is 5.56 Å². The fourth-order valence-electron chi connectivity index (χ4n) is 3.96. The highest BCUT2D eigenvalue weighted by Crippen LogP contribution is 2.37. The smallest absolute Gasteiger partial charge is 0.309 e. The number of rotatable bonds is 9. The number of hydrogen-bond donors (Lipinski definition) is 1. The molecule has 0 bridgehead atoms. The maximum atomic E-state index is 11.3. The Labute approximate surface area is 194 Å². The summed E-state index contributed by atoms with van der Waals surface area (Å²) >= 11 is 0. The van der Waals surface area contributed by atoms with E-state index in [1.807, 2.05) is 54.2 Å². The SMILES string of the molecule is Cn1ccnc1C1=Cc2cc(OCCCC(C)(C)C(=O)O)ccc2OC1Cc1ccccc1. The van der Waals surface area contributed by atoms with Crippen LogP contribution in [0.2, 0.25) is 0 Å². The van der Waals surface area contributed by atoms with Gasteiger partial charge in [0.2, 0.25) is 0 Å². The number of carboxylic acid groups (broad SMARTS) is 1. The molecule has 6 nitrogen and oxygen atoms in total. The molecule has 2 heterocycles. The third-order valence-corrected chi connectivity index (χ3v) is 6.05. The van der Waals surface area contributed by atoms with Crippen molar-refractivity contribution in [3.05, 3.63) is 77.9 Å². The Morgan fingerprint density at radius 2 is 2.00 bits per heavy atom. The molecule has 1 unspecified atom stereocenters. The van der Waals surface area contributed by atoms with Gasteiger partial charge in [-0.05, 0) is 56.5 Å². The van der Waals surface area contributed by atoms with E-state index in [-0.39, 0.29) is 6.10 Å². The van der Waals surface area contributed by atoms with Crippen LogP contribution in [0.15, 0.2) is 60.9 Å². The lowest BCUT2D eigenvalue weighted by Crippen LogP contribution is -2.26. The molecule has 0 saturated heterocycles. The van der Waals surface area contributed by atoms with Crippen molar-refractivity contribution in [2.45, 2.75) is 39.2 Å². The molecule has 1 atom stereocenters. The van der Waals surface area contributed by atoms with E-state index in [2.05, 4.69) is 23.2 Å². The number of ether oxygens (including phenoxy) is 2. The molecule has 0 amide bonds. The third kappa shape index (κ3) is 5.28. The molecule has 0 fully saturated rings. The molecule has 2 aromatic carbocycles. The minimum atomic E-state index is -0.787. The average Bonchev–Trinajstić information content (AvgIpc) is 3.22. The summed E-state index contributed by atoms with van der Waals surface area (Å²) < 4.78 is 14.4. The number of nitrogens with zero attached hydrogens (tertiary/aromatic N) is 2. The molecule has 4 rings (SSSR count). The summed E-state index contributed by atoms with van der Waals surface area (Å²) in [6.07, 6.45) is 7.69. The van der Waals surface area contributed by atoms with Gasteiger partial charge < -0.3 is 19.1 Å². The van der Waals surface area contributed by atoms with Gasteiger partial charge in [0.05, 0.1) is 12.0 Å². The molecule has 1 N–H and O–H groups in total. The monoisotopic (exact) mass is 446 g/mol. The van der Waals surface area contributed by atoms with E-state index >= 15 is 0 Å². The zero-order valence-electron chi connectivity index (χ0n) is 19.3. The molecule has 3 aromatic rings. The highest BCUT2D eigenvalue weighted by atomic mass is 16.5. The number of hydrogen-bond acceptors (Lipinski definition) is 4. The number of carbonyl (C=O) groups is 1. The van der Waals surface area contributed by atoms with Crippen LogP contribution in [0.5, 0.6) is 11.5 Å². The van der Waals surface area contributed by atoms with Crippen LogP contribution >= 0.6 is 0 Å². The second-order valence-electron chi connectivity index (χ2n) is 9.10. The van der Waals surface area contributed by atoms with Crippen molar-refractivity contribution in [3.8, 4) is 11.5 Å². The van der Waals surface area contributed by atoms with Crippen molar-refractivity contribution in [2.75, 3.05) is 6.61 Å². The lowest BCUT2D eigenvalue weighted by atomic mass is 9.88. The summed E-state index contributed by atoms with van der Waals surface area (Å²) in [5.74, 6) is 1.64. The topological polar surface area (TPSA) is 73.6 Å².